The highest BCUT2D eigenvalue weighted by Crippen LogP contribution is 2.13. The minimum absolute atomic E-state index is 0.0915. The second-order valence-electron chi connectivity index (χ2n) is 5.26. The number of amides is 1. The minimum Gasteiger partial charge on any atom is -0.492 e. The van der Waals surface area contributed by atoms with Crippen LogP contribution in [0.4, 0.5) is 4.39 Å². The Morgan fingerprint density at radius 3 is 2.28 bits per heavy atom. The zero-order chi connectivity index (χ0) is 18.4. The highest BCUT2D eigenvalue weighted by molar-refractivity contribution is 7.89. The SMILES string of the molecule is CNS(=O)(=O)c1ccc(C(=O)N(C)CCOc2ccc(F)cc2)cc1. The molecule has 2 rings (SSSR count). The van der Waals surface area contributed by atoms with Crippen LogP contribution in [0, 0.1) is 5.82 Å². The number of sulfonamides is 1. The molecule has 0 bridgehead atoms. The van der Waals surface area contributed by atoms with Crippen molar-refractivity contribution in [2.45, 2.75) is 4.90 Å². The van der Waals surface area contributed by atoms with Crippen molar-refractivity contribution in [2.75, 3.05) is 27.2 Å². The average Bonchev–Trinajstić information content (AvgIpc) is 2.62. The molecule has 25 heavy (non-hydrogen) atoms. The van der Waals surface area contributed by atoms with Crippen LogP contribution in [-0.2, 0) is 10.0 Å². The Labute approximate surface area is 146 Å². The first-order chi connectivity index (χ1) is 11.8. The van der Waals surface area contributed by atoms with Crippen LogP contribution in [0.2, 0.25) is 0 Å². The molecule has 0 aliphatic carbocycles. The van der Waals surface area contributed by atoms with Gasteiger partial charge < -0.3 is 9.64 Å². The van der Waals surface area contributed by atoms with Crippen LogP contribution in [0.1, 0.15) is 10.4 Å². The van der Waals surface area contributed by atoms with E-state index in [1.807, 2.05) is 0 Å². The molecule has 8 heteroatoms. The predicted molar refractivity (Wildman–Crippen MR) is 91.5 cm³/mol. The molecule has 0 aliphatic heterocycles. The predicted octanol–water partition coefficient (Wildman–Crippen LogP) is 1.88. The lowest BCUT2D eigenvalue weighted by Crippen LogP contribution is -2.31. The topological polar surface area (TPSA) is 75.7 Å². The lowest BCUT2D eigenvalue weighted by atomic mass is 10.2. The highest BCUT2D eigenvalue weighted by atomic mass is 32.2. The maximum atomic E-state index is 12.8. The summed E-state index contributed by atoms with van der Waals surface area (Å²) in [4.78, 5) is 13.9. The lowest BCUT2D eigenvalue weighted by molar-refractivity contribution is 0.0773. The van der Waals surface area contributed by atoms with E-state index >= 15 is 0 Å². The van der Waals surface area contributed by atoms with Crippen LogP contribution in [0.5, 0.6) is 5.75 Å². The van der Waals surface area contributed by atoms with E-state index in [2.05, 4.69) is 4.72 Å². The first kappa shape index (κ1) is 18.9. The Kier molecular flexibility index (Phi) is 6.11. The number of halogens is 1. The molecule has 0 unspecified atom stereocenters. The summed E-state index contributed by atoms with van der Waals surface area (Å²) in [7, 11) is -0.588. The standard InChI is InChI=1S/C17H19FN2O4S/c1-19-25(22,23)16-9-3-13(4-10-16)17(21)20(2)11-12-24-15-7-5-14(18)6-8-15/h3-10,19H,11-12H2,1-2H3. The van der Waals surface area contributed by atoms with Crippen molar-refractivity contribution in [3.63, 3.8) is 0 Å². The number of nitrogens with zero attached hydrogens (tertiary/aromatic N) is 1. The average molecular weight is 366 g/mol. The number of benzene rings is 2. The van der Waals surface area contributed by atoms with Crippen LogP contribution in [0.25, 0.3) is 0 Å². The maximum Gasteiger partial charge on any atom is 0.253 e. The van der Waals surface area contributed by atoms with Gasteiger partial charge in [-0.15, -0.1) is 0 Å². The third-order valence-electron chi connectivity index (χ3n) is 3.54. The number of rotatable bonds is 7. The summed E-state index contributed by atoms with van der Waals surface area (Å²) in [6, 6.07) is 11.3. The highest BCUT2D eigenvalue weighted by Gasteiger charge is 2.15. The second-order valence-corrected chi connectivity index (χ2v) is 7.15. The van der Waals surface area contributed by atoms with Gasteiger partial charge in [0.15, 0.2) is 0 Å². The van der Waals surface area contributed by atoms with Crippen LogP contribution in [-0.4, -0.2) is 46.5 Å². The van der Waals surface area contributed by atoms with E-state index in [9.17, 15) is 17.6 Å². The van der Waals surface area contributed by atoms with Crippen molar-refractivity contribution in [1.82, 2.24) is 9.62 Å². The van der Waals surface area contributed by atoms with Crippen LogP contribution < -0.4 is 9.46 Å². The third-order valence-corrected chi connectivity index (χ3v) is 4.97. The minimum atomic E-state index is -3.53. The van der Waals surface area contributed by atoms with Gasteiger partial charge in [0.25, 0.3) is 5.91 Å². The van der Waals surface area contributed by atoms with Crippen molar-refractivity contribution in [2.24, 2.45) is 0 Å². The van der Waals surface area contributed by atoms with Gasteiger partial charge in [-0.1, -0.05) is 0 Å². The summed E-state index contributed by atoms with van der Waals surface area (Å²) in [6.45, 7) is 0.576. The van der Waals surface area contributed by atoms with Gasteiger partial charge in [-0.2, -0.15) is 0 Å². The monoisotopic (exact) mass is 366 g/mol. The van der Waals surface area contributed by atoms with Gasteiger partial charge in [-0.3, -0.25) is 4.79 Å². The molecular weight excluding hydrogens is 347 g/mol. The number of carbonyl (C=O) groups excluding carboxylic acids is 1. The van der Waals surface area contributed by atoms with Gasteiger partial charge in [-0.25, -0.2) is 17.5 Å². The molecule has 0 fully saturated rings. The van der Waals surface area contributed by atoms with Gasteiger partial charge in [0.2, 0.25) is 10.0 Å². The Morgan fingerprint density at radius 1 is 1.12 bits per heavy atom. The fourth-order valence-electron chi connectivity index (χ4n) is 2.05. The molecule has 0 radical (unpaired) electrons. The number of carbonyl (C=O) groups is 1. The van der Waals surface area contributed by atoms with Gasteiger partial charge in [0, 0.05) is 12.6 Å². The van der Waals surface area contributed by atoms with Crippen LogP contribution >= 0.6 is 0 Å². The zero-order valence-electron chi connectivity index (χ0n) is 13.9. The number of ether oxygens (including phenoxy) is 1. The van der Waals surface area contributed by atoms with Crippen molar-refractivity contribution < 1.29 is 22.3 Å². The first-order valence-corrected chi connectivity index (χ1v) is 8.99. The van der Waals surface area contributed by atoms with E-state index in [0.29, 0.717) is 17.9 Å². The molecule has 0 aliphatic rings. The van der Waals surface area contributed by atoms with E-state index in [1.54, 1.807) is 7.05 Å². The Hall–Kier alpha value is -2.45. The van der Waals surface area contributed by atoms with E-state index < -0.39 is 10.0 Å². The Bertz CT molecular complexity index is 821. The van der Waals surface area contributed by atoms with Gasteiger partial charge >= 0.3 is 0 Å². The smallest absolute Gasteiger partial charge is 0.253 e. The molecular formula is C17H19FN2O4S. The fourth-order valence-corrected chi connectivity index (χ4v) is 2.78. The van der Waals surface area contributed by atoms with Crippen LogP contribution in [0.15, 0.2) is 53.4 Å². The van der Waals surface area contributed by atoms with Crippen molar-refractivity contribution >= 4 is 15.9 Å². The number of likely N-dealkylation sites (N-methyl/N-ethyl adjacent to an activating group) is 1. The lowest BCUT2D eigenvalue weighted by Gasteiger charge is -2.17. The molecule has 0 saturated heterocycles. The Balaban J connectivity index is 1.92. The third kappa shape index (κ3) is 5.01. The summed E-state index contributed by atoms with van der Waals surface area (Å²) in [5.74, 6) is -0.0802. The van der Waals surface area contributed by atoms with Gasteiger partial charge in [0.1, 0.15) is 18.2 Å². The van der Waals surface area contributed by atoms with Gasteiger partial charge in [-0.05, 0) is 55.6 Å². The van der Waals surface area contributed by atoms with E-state index in [1.165, 1.54) is 60.5 Å². The summed E-state index contributed by atoms with van der Waals surface area (Å²) >= 11 is 0. The van der Waals surface area contributed by atoms with Crippen molar-refractivity contribution in [1.29, 1.82) is 0 Å². The second kappa shape index (κ2) is 8.09. The van der Waals surface area contributed by atoms with E-state index in [4.69, 9.17) is 4.74 Å². The van der Waals surface area contributed by atoms with E-state index in [-0.39, 0.29) is 23.2 Å². The summed E-state index contributed by atoms with van der Waals surface area (Å²) in [5.41, 5.74) is 0.374. The quantitative estimate of drug-likeness (QED) is 0.812. The normalized spacial score (nSPS) is 11.2. The molecule has 0 saturated carbocycles. The molecule has 1 N–H and O–H groups in total. The molecule has 0 spiro atoms. The van der Waals surface area contributed by atoms with Crippen molar-refractivity contribution in [3.8, 4) is 5.75 Å². The van der Waals surface area contributed by atoms with Gasteiger partial charge in [0.05, 0.1) is 11.4 Å². The molecule has 0 atom stereocenters. The largest absolute Gasteiger partial charge is 0.492 e. The van der Waals surface area contributed by atoms with E-state index in [0.717, 1.165) is 0 Å². The molecule has 2 aromatic carbocycles. The number of hydrogen-bond donors (Lipinski definition) is 1. The number of hydrogen-bond acceptors (Lipinski definition) is 4. The fraction of sp³-hybridized carbons (Fsp3) is 0.235. The first-order valence-electron chi connectivity index (χ1n) is 7.51. The van der Waals surface area contributed by atoms with Crippen molar-refractivity contribution in [3.05, 3.63) is 59.9 Å². The maximum absolute atomic E-state index is 12.8. The number of nitrogens with one attached hydrogen (secondary N) is 1. The molecule has 134 valence electrons. The summed E-state index contributed by atoms with van der Waals surface area (Å²) in [6.07, 6.45) is 0. The molecule has 0 heterocycles. The summed E-state index contributed by atoms with van der Waals surface area (Å²) in [5, 5.41) is 0. The molecule has 0 aromatic heterocycles. The Morgan fingerprint density at radius 2 is 1.72 bits per heavy atom. The van der Waals surface area contributed by atoms with Crippen LogP contribution in [0.3, 0.4) is 0 Å². The molecule has 2 aromatic rings. The molecule has 1 amide bonds. The summed E-state index contributed by atoms with van der Waals surface area (Å²) < 4.78 is 43.8. The molecule has 6 nitrogen and oxygen atoms in total. The zero-order valence-corrected chi connectivity index (χ0v) is 14.7.